The summed E-state index contributed by atoms with van der Waals surface area (Å²) in [5.41, 5.74) is 3.22. The van der Waals surface area contributed by atoms with Crippen molar-refractivity contribution in [1.29, 1.82) is 0 Å². The zero-order valence-electron chi connectivity index (χ0n) is 23.0. The summed E-state index contributed by atoms with van der Waals surface area (Å²) in [5.74, 6) is 0.914. The van der Waals surface area contributed by atoms with E-state index in [1.165, 1.54) is 5.56 Å². The lowest BCUT2D eigenvalue weighted by molar-refractivity contribution is -0.117. The van der Waals surface area contributed by atoms with Gasteiger partial charge in [0.15, 0.2) is 0 Å². The number of unbranched alkanes of at least 4 members (excludes halogenated alkanes) is 2. The summed E-state index contributed by atoms with van der Waals surface area (Å²) in [4.78, 5) is 28.2. The third-order valence-electron chi connectivity index (χ3n) is 6.32. The molecule has 0 fully saturated rings. The van der Waals surface area contributed by atoms with Crippen LogP contribution in [-0.2, 0) is 16.6 Å². The SMILES string of the molecule is CCCCCN(CC(=O)Nc1cc(C(C)(C)C)nn1-c1ccc(OC)cc1)C(=O)c1ccc(CC)cc1. The van der Waals surface area contributed by atoms with Crippen LogP contribution in [0, 0.1) is 0 Å². The second kappa shape index (κ2) is 12.6. The summed E-state index contributed by atoms with van der Waals surface area (Å²) in [6.45, 7) is 10.9. The molecule has 198 valence electrons. The highest BCUT2D eigenvalue weighted by atomic mass is 16.5. The summed E-state index contributed by atoms with van der Waals surface area (Å²) in [6, 6.07) is 17.0. The van der Waals surface area contributed by atoms with Crippen LogP contribution >= 0.6 is 0 Å². The van der Waals surface area contributed by atoms with E-state index in [1.807, 2.05) is 54.6 Å². The van der Waals surface area contributed by atoms with Crippen LogP contribution in [0.5, 0.6) is 5.75 Å². The largest absolute Gasteiger partial charge is 0.497 e. The molecule has 0 radical (unpaired) electrons. The van der Waals surface area contributed by atoms with Crippen molar-refractivity contribution in [1.82, 2.24) is 14.7 Å². The minimum Gasteiger partial charge on any atom is -0.497 e. The molecule has 0 bridgehead atoms. The molecule has 0 saturated carbocycles. The van der Waals surface area contributed by atoms with E-state index in [0.717, 1.165) is 42.8 Å². The molecule has 3 rings (SSSR count). The Labute approximate surface area is 220 Å². The second-order valence-corrected chi connectivity index (χ2v) is 10.3. The molecule has 0 spiro atoms. The number of benzene rings is 2. The number of aryl methyl sites for hydroxylation is 1. The molecule has 37 heavy (non-hydrogen) atoms. The van der Waals surface area contributed by atoms with Crippen LogP contribution in [0.15, 0.2) is 54.6 Å². The van der Waals surface area contributed by atoms with Crippen LogP contribution in [0.4, 0.5) is 5.82 Å². The number of hydrogen-bond acceptors (Lipinski definition) is 4. The minimum atomic E-state index is -0.259. The highest BCUT2D eigenvalue weighted by Gasteiger charge is 2.23. The molecule has 0 saturated heterocycles. The Bertz CT molecular complexity index is 1180. The zero-order chi connectivity index (χ0) is 27.0. The highest BCUT2D eigenvalue weighted by Crippen LogP contribution is 2.27. The molecule has 0 atom stereocenters. The number of aromatic nitrogens is 2. The molecular formula is C30H40N4O3. The average molecular weight is 505 g/mol. The van der Waals surface area contributed by atoms with Crippen molar-refractivity contribution in [3.8, 4) is 11.4 Å². The van der Waals surface area contributed by atoms with Crippen molar-refractivity contribution in [2.45, 2.75) is 65.7 Å². The van der Waals surface area contributed by atoms with Crippen LogP contribution in [0.1, 0.15) is 75.5 Å². The lowest BCUT2D eigenvalue weighted by atomic mass is 9.92. The first-order valence-electron chi connectivity index (χ1n) is 13.1. The van der Waals surface area contributed by atoms with Crippen LogP contribution in [-0.4, -0.2) is 46.7 Å². The van der Waals surface area contributed by atoms with Crippen molar-refractivity contribution in [2.24, 2.45) is 0 Å². The van der Waals surface area contributed by atoms with Gasteiger partial charge >= 0.3 is 0 Å². The Morgan fingerprint density at radius 2 is 1.68 bits per heavy atom. The molecule has 1 N–H and O–H groups in total. The lowest BCUT2D eigenvalue weighted by Crippen LogP contribution is -2.39. The summed E-state index contributed by atoms with van der Waals surface area (Å²) in [5, 5.41) is 7.79. The zero-order valence-corrected chi connectivity index (χ0v) is 23.0. The molecule has 1 aromatic heterocycles. The smallest absolute Gasteiger partial charge is 0.254 e. The van der Waals surface area contributed by atoms with Crippen molar-refractivity contribution in [2.75, 3.05) is 25.5 Å². The fraction of sp³-hybridized carbons (Fsp3) is 0.433. The van der Waals surface area contributed by atoms with Crippen LogP contribution in [0.25, 0.3) is 5.69 Å². The molecule has 0 aliphatic heterocycles. The number of anilines is 1. The van der Waals surface area contributed by atoms with Crippen LogP contribution in [0.2, 0.25) is 0 Å². The van der Waals surface area contributed by atoms with Gasteiger partial charge in [0, 0.05) is 23.6 Å². The number of methoxy groups -OCH3 is 1. The van der Waals surface area contributed by atoms with E-state index in [9.17, 15) is 9.59 Å². The van der Waals surface area contributed by atoms with E-state index in [0.29, 0.717) is 17.9 Å². The van der Waals surface area contributed by atoms with Gasteiger partial charge in [-0.15, -0.1) is 0 Å². The molecule has 3 aromatic rings. The summed E-state index contributed by atoms with van der Waals surface area (Å²) < 4.78 is 7.01. The number of nitrogens with zero attached hydrogens (tertiary/aromatic N) is 3. The van der Waals surface area contributed by atoms with Crippen molar-refractivity contribution in [3.05, 3.63) is 71.4 Å². The highest BCUT2D eigenvalue weighted by molar-refractivity contribution is 5.99. The Kier molecular flexibility index (Phi) is 9.50. The summed E-state index contributed by atoms with van der Waals surface area (Å²) in [6.07, 6.45) is 3.80. The number of nitrogens with one attached hydrogen (secondary N) is 1. The van der Waals surface area contributed by atoms with E-state index < -0.39 is 0 Å². The number of ether oxygens (including phenoxy) is 1. The van der Waals surface area contributed by atoms with Gasteiger partial charge in [-0.05, 0) is 54.8 Å². The van der Waals surface area contributed by atoms with Gasteiger partial charge in [0.1, 0.15) is 18.1 Å². The standard InChI is InChI=1S/C30H40N4O3/c1-7-9-10-19-33(29(36)23-13-11-22(8-2)12-14-23)21-28(35)31-27-20-26(30(3,4)5)32-34(27)24-15-17-25(37-6)18-16-24/h11-18,20H,7-10,19,21H2,1-6H3,(H,31,35). The fourth-order valence-electron chi connectivity index (χ4n) is 3.98. The van der Waals surface area contributed by atoms with E-state index in [4.69, 9.17) is 9.84 Å². The Hall–Kier alpha value is -3.61. The van der Waals surface area contributed by atoms with Crippen molar-refractivity contribution >= 4 is 17.6 Å². The molecule has 0 aliphatic carbocycles. The second-order valence-electron chi connectivity index (χ2n) is 10.3. The molecule has 7 nitrogen and oxygen atoms in total. The number of carbonyl (C=O) groups excluding carboxylic acids is 2. The van der Waals surface area contributed by atoms with Crippen molar-refractivity contribution in [3.63, 3.8) is 0 Å². The van der Waals surface area contributed by atoms with Gasteiger partial charge in [-0.3, -0.25) is 9.59 Å². The Morgan fingerprint density at radius 1 is 1.00 bits per heavy atom. The molecule has 2 aromatic carbocycles. The maximum atomic E-state index is 13.3. The Morgan fingerprint density at radius 3 is 2.24 bits per heavy atom. The first-order valence-corrected chi connectivity index (χ1v) is 13.1. The predicted octanol–water partition coefficient (Wildman–Crippen LogP) is 6.01. The monoisotopic (exact) mass is 504 g/mol. The molecule has 7 heteroatoms. The first-order chi connectivity index (χ1) is 17.7. The topological polar surface area (TPSA) is 76.5 Å². The van der Waals surface area contributed by atoms with Gasteiger partial charge in [0.2, 0.25) is 5.91 Å². The normalized spacial score (nSPS) is 11.3. The molecule has 0 aliphatic rings. The maximum absolute atomic E-state index is 13.3. The van der Waals surface area contributed by atoms with Gasteiger partial charge in [0.25, 0.3) is 5.91 Å². The molecule has 0 unspecified atom stereocenters. The first kappa shape index (κ1) is 28.0. The van der Waals surface area contributed by atoms with Gasteiger partial charge in [0.05, 0.1) is 18.5 Å². The third-order valence-corrected chi connectivity index (χ3v) is 6.32. The lowest BCUT2D eigenvalue weighted by Gasteiger charge is -2.22. The number of hydrogen-bond donors (Lipinski definition) is 1. The van der Waals surface area contributed by atoms with E-state index in [2.05, 4.69) is 39.9 Å². The van der Waals surface area contributed by atoms with Crippen LogP contribution in [0.3, 0.4) is 0 Å². The maximum Gasteiger partial charge on any atom is 0.254 e. The molecule has 2 amide bonds. The number of carbonyl (C=O) groups is 2. The van der Waals surface area contributed by atoms with E-state index in [-0.39, 0.29) is 23.8 Å². The molecule has 1 heterocycles. The van der Waals surface area contributed by atoms with Gasteiger partial charge in [-0.25, -0.2) is 4.68 Å². The quantitative estimate of drug-likeness (QED) is 0.324. The number of rotatable bonds is 11. The van der Waals surface area contributed by atoms with Crippen molar-refractivity contribution < 1.29 is 14.3 Å². The minimum absolute atomic E-state index is 0.0310. The number of amides is 2. The van der Waals surface area contributed by atoms with Crippen LogP contribution < -0.4 is 10.1 Å². The molecular weight excluding hydrogens is 464 g/mol. The van der Waals surface area contributed by atoms with E-state index in [1.54, 1.807) is 16.7 Å². The van der Waals surface area contributed by atoms with Gasteiger partial charge < -0.3 is 15.0 Å². The fourth-order valence-corrected chi connectivity index (χ4v) is 3.98. The van der Waals surface area contributed by atoms with Gasteiger partial charge in [-0.2, -0.15) is 5.10 Å². The summed E-state index contributed by atoms with van der Waals surface area (Å²) in [7, 11) is 1.62. The third kappa shape index (κ3) is 7.44. The Balaban J connectivity index is 1.84. The summed E-state index contributed by atoms with van der Waals surface area (Å²) >= 11 is 0. The predicted molar refractivity (Wildman–Crippen MR) is 149 cm³/mol. The van der Waals surface area contributed by atoms with Gasteiger partial charge in [-0.1, -0.05) is 59.6 Å². The average Bonchev–Trinajstić information content (AvgIpc) is 3.32. The van der Waals surface area contributed by atoms with E-state index >= 15 is 0 Å².